The van der Waals surface area contributed by atoms with Crippen molar-refractivity contribution in [2.75, 3.05) is 0 Å². The predicted molar refractivity (Wildman–Crippen MR) is 38.7 cm³/mol. The Morgan fingerprint density at radius 3 is 1.60 bits per heavy atom. The van der Waals surface area contributed by atoms with Crippen LogP contribution in [0.3, 0.4) is 0 Å². The van der Waals surface area contributed by atoms with Gasteiger partial charge in [0.05, 0.1) is 5.57 Å². The zero-order chi connectivity index (χ0) is 7.72. The molecule has 0 aliphatic carbocycles. The summed E-state index contributed by atoms with van der Waals surface area (Å²) in [5.41, 5.74) is 0.576. The SMILES string of the molecule is C=C1OC(=C)C(=C)C(=C)O1. The number of hydrogen-bond acceptors (Lipinski definition) is 2. The Bertz CT molecular complexity index is 214. The molecule has 1 aliphatic rings. The van der Waals surface area contributed by atoms with Gasteiger partial charge in [-0.3, -0.25) is 0 Å². The fourth-order valence-corrected chi connectivity index (χ4v) is 0.574. The molecule has 0 aromatic rings. The smallest absolute Gasteiger partial charge is 0.282 e. The normalized spacial score (nSPS) is 18.4. The highest BCUT2D eigenvalue weighted by atomic mass is 16.7. The molecule has 0 N–H and O–H groups in total. The van der Waals surface area contributed by atoms with Crippen molar-refractivity contribution in [2.45, 2.75) is 0 Å². The fourth-order valence-electron chi connectivity index (χ4n) is 0.574. The average molecular weight is 136 g/mol. The molecule has 0 aromatic heterocycles. The molecule has 1 saturated heterocycles. The van der Waals surface area contributed by atoms with Gasteiger partial charge in [0.15, 0.2) is 0 Å². The summed E-state index contributed by atoms with van der Waals surface area (Å²) in [6, 6.07) is 0. The van der Waals surface area contributed by atoms with E-state index < -0.39 is 0 Å². The Hall–Kier alpha value is -1.44. The Balaban J connectivity index is 2.86. The second-order valence-electron chi connectivity index (χ2n) is 1.90. The fraction of sp³-hybridized carbons (Fsp3) is 0. The van der Waals surface area contributed by atoms with Crippen molar-refractivity contribution in [3.63, 3.8) is 0 Å². The number of ether oxygens (including phenoxy) is 2. The van der Waals surface area contributed by atoms with Gasteiger partial charge in [-0.05, 0) is 6.58 Å². The molecule has 2 heteroatoms. The second-order valence-corrected chi connectivity index (χ2v) is 1.90. The van der Waals surface area contributed by atoms with Crippen LogP contribution in [0, 0.1) is 0 Å². The number of rotatable bonds is 0. The van der Waals surface area contributed by atoms with Gasteiger partial charge in [-0.1, -0.05) is 19.7 Å². The standard InChI is InChI=1S/C8H8O2/c1-5-6(2)9-8(4)10-7(5)3/h1-4H2. The summed E-state index contributed by atoms with van der Waals surface area (Å²) < 4.78 is 9.79. The van der Waals surface area contributed by atoms with Crippen molar-refractivity contribution < 1.29 is 9.47 Å². The van der Waals surface area contributed by atoms with Crippen LogP contribution in [0.4, 0.5) is 0 Å². The molecular formula is C8H8O2. The first kappa shape index (κ1) is 6.68. The molecule has 1 fully saturated rings. The molecule has 0 unspecified atom stereocenters. The largest absolute Gasteiger partial charge is 0.426 e. The molecular weight excluding hydrogens is 128 g/mol. The lowest BCUT2D eigenvalue weighted by molar-refractivity contribution is 0.0982. The van der Waals surface area contributed by atoms with E-state index in [9.17, 15) is 0 Å². The van der Waals surface area contributed by atoms with E-state index in [-0.39, 0.29) is 5.95 Å². The topological polar surface area (TPSA) is 18.5 Å². The van der Waals surface area contributed by atoms with E-state index in [4.69, 9.17) is 9.47 Å². The van der Waals surface area contributed by atoms with E-state index in [0.29, 0.717) is 17.1 Å². The van der Waals surface area contributed by atoms with E-state index in [1.807, 2.05) is 0 Å². The van der Waals surface area contributed by atoms with E-state index in [2.05, 4.69) is 26.3 Å². The van der Waals surface area contributed by atoms with Crippen molar-refractivity contribution in [1.82, 2.24) is 0 Å². The lowest BCUT2D eigenvalue weighted by Gasteiger charge is -2.20. The molecule has 0 bridgehead atoms. The van der Waals surface area contributed by atoms with Crippen LogP contribution in [-0.2, 0) is 9.47 Å². The first-order valence-electron chi connectivity index (χ1n) is 2.73. The first-order valence-corrected chi connectivity index (χ1v) is 2.73. The van der Waals surface area contributed by atoms with Gasteiger partial charge >= 0.3 is 0 Å². The molecule has 2 nitrogen and oxygen atoms in total. The zero-order valence-corrected chi connectivity index (χ0v) is 5.64. The van der Waals surface area contributed by atoms with Gasteiger partial charge < -0.3 is 9.47 Å². The highest BCUT2D eigenvalue weighted by Crippen LogP contribution is 2.26. The lowest BCUT2D eigenvalue weighted by Crippen LogP contribution is -2.07. The number of hydrogen-bond donors (Lipinski definition) is 0. The Labute approximate surface area is 59.8 Å². The van der Waals surface area contributed by atoms with Gasteiger partial charge in [-0.15, -0.1) is 0 Å². The second kappa shape index (κ2) is 2.06. The van der Waals surface area contributed by atoms with Crippen LogP contribution in [0.15, 0.2) is 49.4 Å². The van der Waals surface area contributed by atoms with Gasteiger partial charge in [-0.25, -0.2) is 0 Å². The average Bonchev–Trinajstić information content (AvgIpc) is 1.82. The van der Waals surface area contributed by atoms with Crippen molar-refractivity contribution >= 4 is 0 Å². The van der Waals surface area contributed by atoms with Crippen LogP contribution in [0.1, 0.15) is 0 Å². The Kier molecular flexibility index (Phi) is 1.38. The summed E-state index contributed by atoms with van der Waals surface area (Å²) in [6.07, 6.45) is 0. The van der Waals surface area contributed by atoms with Crippen LogP contribution >= 0.6 is 0 Å². The summed E-state index contributed by atoms with van der Waals surface area (Å²) in [5.74, 6) is 1.09. The third kappa shape index (κ3) is 0.957. The Morgan fingerprint density at radius 1 is 0.800 bits per heavy atom. The maximum absolute atomic E-state index is 4.90. The molecule has 1 heterocycles. The maximum atomic E-state index is 4.90. The molecule has 10 heavy (non-hydrogen) atoms. The maximum Gasteiger partial charge on any atom is 0.282 e. The van der Waals surface area contributed by atoms with Gasteiger partial charge in [-0.2, -0.15) is 0 Å². The van der Waals surface area contributed by atoms with E-state index >= 15 is 0 Å². The summed E-state index contributed by atoms with van der Waals surface area (Å²) in [6.45, 7) is 14.2. The highest BCUT2D eigenvalue weighted by molar-refractivity contribution is 5.38. The van der Waals surface area contributed by atoms with Crippen molar-refractivity contribution in [3.8, 4) is 0 Å². The van der Waals surface area contributed by atoms with Gasteiger partial charge in [0.1, 0.15) is 11.5 Å². The summed E-state index contributed by atoms with van der Waals surface area (Å²) in [7, 11) is 0. The van der Waals surface area contributed by atoms with E-state index in [1.165, 1.54) is 0 Å². The first-order chi connectivity index (χ1) is 4.61. The van der Waals surface area contributed by atoms with Crippen LogP contribution < -0.4 is 0 Å². The molecule has 0 atom stereocenters. The lowest BCUT2D eigenvalue weighted by atomic mass is 10.2. The molecule has 0 spiro atoms. The molecule has 0 radical (unpaired) electrons. The van der Waals surface area contributed by atoms with Crippen LogP contribution in [0.5, 0.6) is 0 Å². The van der Waals surface area contributed by atoms with Crippen molar-refractivity contribution in [1.29, 1.82) is 0 Å². The molecule has 0 aromatic carbocycles. The van der Waals surface area contributed by atoms with E-state index in [1.54, 1.807) is 0 Å². The third-order valence-corrected chi connectivity index (χ3v) is 1.15. The van der Waals surface area contributed by atoms with E-state index in [0.717, 1.165) is 0 Å². The van der Waals surface area contributed by atoms with Crippen LogP contribution in [-0.4, -0.2) is 0 Å². The quantitative estimate of drug-likeness (QED) is 0.507. The summed E-state index contributed by atoms with van der Waals surface area (Å²) in [4.78, 5) is 0. The minimum Gasteiger partial charge on any atom is -0.426 e. The molecule has 52 valence electrons. The van der Waals surface area contributed by atoms with Crippen molar-refractivity contribution in [3.05, 3.63) is 49.4 Å². The highest BCUT2D eigenvalue weighted by Gasteiger charge is 2.16. The monoisotopic (exact) mass is 136 g/mol. The molecule has 0 saturated carbocycles. The summed E-state index contributed by atoms with van der Waals surface area (Å²) in [5, 5.41) is 0. The van der Waals surface area contributed by atoms with Crippen LogP contribution in [0.2, 0.25) is 0 Å². The minimum absolute atomic E-state index is 0.197. The van der Waals surface area contributed by atoms with Crippen molar-refractivity contribution in [2.24, 2.45) is 0 Å². The summed E-state index contributed by atoms with van der Waals surface area (Å²) >= 11 is 0. The molecule has 1 rings (SSSR count). The molecule has 1 aliphatic heterocycles. The van der Waals surface area contributed by atoms with Crippen LogP contribution in [0.25, 0.3) is 0 Å². The zero-order valence-electron chi connectivity index (χ0n) is 5.64. The third-order valence-electron chi connectivity index (χ3n) is 1.15. The van der Waals surface area contributed by atoms with Gasteiger partial charge in [0.25, 0.3) is 5.95 Å². The molecule has 0 amide bonds. The predicted octanol–water partition coefficient (Wildman–Crippen LogP) is 2.09. The minimum atomic E-state index is 0.197. The van der Waals surface area contributed by atoms with Gasteiger partial charge in [0, 0.05) is 0 Å². The van der Waals surface area contributed by atoms with Gasteiger partial charge in [0.2, 0.25) is 0 Å². The Morgan fingerprint density at radius 2 is 1.20 bits per heavy atom.